The van der Waals surface area contributed by atoms with E-state index in [0.29, 0.717) is 24.5 Å². The van der Waals surface area contributed by atoms with E-state index in [1.54, 1.807) is 12.1 Å². The van der Waals surface area contributed by atoms with Crippen LogP contribution in [0.5, 0.6) is 5.75 Å². The highest BCUT2D eigenvalue weighted by molar-refractivity contribution is 5.92. The van der Waals surface area contributed by atoms with Crippen molar-refractivity contribution in [2.75, 3.05) is 18.9 Å². The van der Waals surface area contributed by atoms with Crippen LogP contribution in [0.15, 0.2) is 42.5 Å². The molecule has 1 aliphatic rings. The minimum Gasteiger partial charge on any atom is -0.493 e. The second kappa shape index (κ2) is 5.48. The predicted molar refractivity (Wildman–Crippen MR) is 80.6 cm³/mol. The van der Waals surface area contributed by atoms with E-state index in [-0.39, 0.29) is 11.9 Å². The van der Waals surface area contributed by atoms with E-state index in [0.717, 1.165) is 16.9 Å². The van der Waals surface area contributed by atoms with Crippen molar-refractivity contribution < 1.29 is 14.3 Å². The molecule has 3 rings (SSSR count). The standard InChI is InChI=1S/C17H17NO3/c1-11-6-7-13(18)8-15(11)17(19)21-10-12-9-20-16-5-3-2-4-14(12)16/h2-8,12H,9-10,18H2,1H3. The second-order valence-corrected chi connectivity index (χ2v) is 5.22. The van der Waals surface area contributed by atoms with Crippen molar-refractivity contribution in [3.63, 3.8) is 0 Å². The normalized spacial score (nSPS) is 16.1. The number of fused-ring (bicyclic) bond motifs is 1. The molecular formula is C17H17NO3. The summed E-state index contributed by atoms with van der Waals surface area (Å²) in [6.45, 7) is 2.72. The van der Waals surface area contributed by atoms with Crippen LogP contribution in [-0.4, -0.2) is 19.2 Å². The summed E-state index contributed by atoms with van der Waals surface area (Å²) in [5, 5.41) is 0. The molecule has 1 heterocycles. The number of para-hydroxylation sites is 1. The highest BCUT2D eigenvalue weighted by Gasteiger charge is 2.25. The Balaban J connectivity index is 1.69. The fourth-order valence-electron chi connectivity index (χ4n) is 2.48. The van der Waals surface area contributed by atoms with Gasteiger partial charge in [0, 0.05) is 11.3 Å². The number of hydrogen-bond acceptors (Lipinski definition) is 4. The van der Waals surface area contributed by atoms with Crippen LogP contribution >= 0.6 is 0 Å². The molecule has 2 aromatic carbocycles. The largest absolute Gasteiger partial charge is 0.493 e. The Hall–Kier alpha value is -2.49. The van der Waals surface area contributed by atoms with Gasteiger partial charge in [0.2, 0.25) is 0 Å². The van der Waals surface area contributed by atoms with Crippen molar-refractivity contribution in [1.29, 1.82) is 0 Å². The van der Waals surface area contributed by atoms with Crippen LogP contribution in [0.3, 0.4) is 0 Å². The molecule has 4 heteroatoms. The van der Waals surface area contributed by atoms with Crippen molar-refractivity contribution >= 4 is 11.7 Å². The summed E-state index contributed by atoms with van der Waals surface area (Å²) in [6, 6.07) is 13.1. The first kappa shape index (κ1) is 13.5. The van der Waals surface area contributed by atoms with Crippen molar-refractivity contribution in [3.8, 4) is 5.75 Å². The van der Waals surface area contributed by atoms with E-state index >= 15 is 0 Å². The number of carbonyl (C=O) groups excluding carboxylic acids is 1. The highest BCUT2D eigenvalue weighted by Crippen LogP contribution is 2.33. The Labute approximate surface area is 123 Å². The first-order chi connectivity index (χ1) is 10.1. The molecule has 0 aromatic heterocycles. The van der Waals surface area contributed by atoms with E-state index in [1.807, 2.05) is 37.3 Å². The molecule has 0 amide bonds. The van der Waals surface area contributed by atoms with E-state index in [4.69, 9.17) is 15.2 Å². The van der Waals surface area contributed by atoms with Gasteiger partial charge in [-0.25, -0.2) is 4.79 Å². The lowest BCUT2D eigenvalue weighted by atomic mass is 10.0. The Bertz CT molecular complexity index is 681. The minimum absolute atomic E-state index is 0.0894. The molecule has 0 saturated carbocycles. The summed E-state index contributed by atoms with van der Waals surface area (Å²) in [5.74, 6) is 0.620. The number of benzene rings is 2. The van der Waals surface area contributed by atoms with Crippen LogP contribution in [0.2, 0.25) is 0 Å². The zero-order valence-electron chi connectivity index (χ0n) is 11.8. The van der Waals surface area contributed by atoms with Crippen LogP contribution in [0, 0.1) is 6.92 Å². The lowest BCUT2D eigenvalue weighted by Crippen LogP contribution is -2.15. The van der Waals surface area contributed by atoms with E-state index in [1.165, 1.54) is 0 Å². The van der Waals surface area contributed by atoms with E-state index in [2.05, 4.69) is 0 Å². The summed E-state index contributed by atoms with van der Waals surface area (Å²) in [4.78, 5) is 12.2. The average Bonchev–Trinajstić information content (AvgIpc) is 2.90. The monoisotopic (exact) mass is 283 g/mol. The third-order valence-corrected chi connectivity index (χ3v) is 3.70. The number of hydrogen-bond donors (Lipinski definition) is 1. The zero-order valence-corrected chi connectivity index (χ0v) is 11.8. The quantitative estimate of drug-likeness (QED) is 0.695. The van der Waals surface area contributed by atoms with Crippen LogP contribution in [0.25, 0.3) is 0 Å². The first-order valence-electron chi connectivity index (χ1n) is 6.90. The number of aryl methyl sites for hydroxylation is 1. The van der Waals surface area contributed by atoms with Gasteiger partial charge in [-0.1, -0.05) is 24.3 Å². The number of carbonyl (C=O) groups is 1. The summed E-state index contributed by atoms with van der Waals surface area (Å²) >= 11 is 0. The Morgan fingerprint density at radius 2 is 2.14 bits per heavy atom. The van der Waals surface area contributed by atoms with E-state index in [9.17, 15) is 4.79 Å². The summed E-state index contributed by atoms with van der Waals surface area (Å²) in [6.07, 6.45) is 0. The lowest BCUT2D eigenvalue weighted by molar-refractivity contribution is 0.0470. The third-order valence-electron chi connectivity index (χ3n) is 3.70. The van der Waals surface area contributed by atoms with Crippen molar-refractivity contribution in [1.82, 2.24) is 0 Å². The maximum Gasteiger partial charge on any atom is 0.338 e. The molecule has 0 bridgehead atoms. The van der Waals surface area contributed by atoms with Crippen LogP contribution in [0.4, 0.5) is 5.69 Å². The van der Waals surface area contributed by atoms with Gasteiger partial charge >= 0.3 is 5.97 Å². The molecule has 0 spiro atoms. The van der Waals surface area contributed by atoms with Gasteiger partial charge in [0.1, 0.15) is 12.4 Å². The number of nitrogen functional groups attached to an aromatic ring is 1. The lowest BCUT2D eigenvalue weighted by Gasteiger charge is -2.11. The molecule has 1 unspecified atom stereocenters. The number of nitrogens with two attached hydrogens (primary N) is 1. The minimum atomic E-state index is -0.343. The van der Waals surface area contributed by atoms with Gasteiger partial charge in [-0.15, -0.1) is 0 Å². The van der Waals surface area contributed by atoms with Gasteiger partial charge in [-0.3, -0.25) is 0 Å². The van der Waals surface area contributed by atoms with Crippen LogP contribution in [0.1, 0.15) is 27.4 Å². The van der Waals surface area contributed by atoms with E-state index < -0.39 is 0 Å². The number of ether oxygens (including phenoxy) is 2. The van der Waals surface area contributed by atoms with Gasteiger partial charge in [0.05, 0.1) is 18.1 Å². The molecule has 21 heavy (non-hydrogen) atoms. The summed E-state index contributed by atoms with van der Waals surface area (Å²) in [7, 11) is 0. The van der Waals surface area contributed by atoms with Gasteiger partial charge in [0.25, 0.3) is 0 Å². The molecule has 0 saturated heterocycles. The highest BCUT2D eigenvalue weighted by atomic mass is 16.5. The average molecular weight is 283 g/mol. The molecular weight excluding hydrogens is 266 g/mol. The summed E-state index contributed by atoms with van der Waals surface area (Å²) < 4.78 is 11.0. The number of rotatable bonds is 3. The number of esters is 1. The Morgan fingerprint density at radius 3 is 3.00 bits per heavy atom. The van der Waals surface area contributed by atoms with Crippen molar-refractivity contribution in [2.24, 2.45) is 0 Å². The molecule has 2 N–H and O–H groups in total. The smallest absolute Gasteiger partial charge is 0.338 e. The third kappa shape index (κ3) is 2.70. The van der Waals surface area contributed by atoms with Crippen molar-refractivity contribution in [2.45, 2.75) is 12.8 Å². The topological polar surface area (TPSA) is 61.6 Å². The molecule has 1 aliphatic heterocycles. The van der Waals surface area contributed by atoms with Gasteiger partial charge in [-0.2, -0.15) is 0 Å². The van der Waals surface area contributed by atoms with Gasteiger partial charge in [0.15, 0.2) is 0 Å². The van der Waals surface area contributed by atoms with Crippen LogP contribution < -0.4 is 10.5 Å². The number of anilines is 1. The maximum absolute atomic E-state index is 12.2. The molecule has 0 aliphatic carbocycles. The molecule has 2 aromatic rings. The maximum atomic E-state index is 12.2. The molecule has 1 atom stereocenters. The Kier molecular flexibility index (Phi) is 3.52. The zero-order chi connectivity index (χ0) is 14.8. The molecule has 108 valence electrons. The Morgan fingerprint density at radius 1 is 1.33 bits per heavy atom. The molecule has 0 radical (unpaired) electrons. The fourth-order valence-corrected chi connectivity index (χ4v) is 2.48. The first-order valence-corrected chi connectivity index (χ1v) is 6.90. The fraction of sp³-hybridized carbons (Fsp3) is 0.235. The van der Waals surface area contributed by atoms with Gasteiger partial charge in [-0.05, 0) is 30.7 Å². The van der Waals surface area contributed by atoms with Crippen molar-refractivity contribution in [3.05, 3.63) is 59.2 Å². The summed E-state index contributed by atoms with van der Waals surface area (Å²) in [5.41, 5.74) is 8.74. The molecule has 4 nitrogen and oxygen atoms in total. The SMILES string of the molecule is Cc1ccc(N)cc1C(=O)OCC1COc2ccccc21. The van der Waals surface area contributed by atoms with Gasteiger partial charge < -0.3 is 15.2 Å². The second-order valence-electron chi connectivity index (χ2n) is 5.22. The predicted octanol–water partition coefficient (Wildman–Crippen LogP) is 2.91. The van der Waals surface area contributed by atoms with Crippen LogP contribution in [-0.2, 0) is 4.74 Å². The molecule has 0 fully saturated rings.